The second-order valence-corrected chi connectivity index (χ2v) is 8.99. The van der Waals surface area contributed by atoms with Crippen LogP contribution in [0.25, 0.3) is 0 Å². The number of benzene rings is 2. The number of amides is 1. The van der Waals surface area contributed by atoms with E-state index in [0.29, 0.717) is 23.8 Å². The highest BCUT2D eigenvalue weighted by molar-refractivity contribution is 7.89. The van der Waals surface area contributed by atoms with Crippen molar-refractivity contribution in [1.29, 1.82) is 0 Å². The molecule has 0 aromatic heterocycles. The van der Waals surface area contributed by atoms with Gasteiger partial charge in [0.15, 0.2) is 0 Å². The number of fused-ring (bicyclic) bond motifs is 1. The molecule has 1 heterocycles. The average Bonchev–Trinajstić information content (AvgIpc) is 3.00. The minimum Gasteiger partial charge on any atom is -0.492 e. The van der Waals surface area contributed by atoms with E-state index in [0.717, 1.165) is 12.0 Å². The Morgan fingerprint density at radius 2 is 2.03 bits per heavy atom. The van der Waals surface area contributed by atoms with Gasteiger partial charge in [-0.15, -0.1) is 0 Å². The fourth-order valence-corrected chi connectivity index (χ4v) is 4.49. The van der Waals surface area contributed by atoms with Gasteiger partial charge in [0.25, 0.3) is 5.91 Å². The molecule has 1 aliphatic rings. The Hall–Kier alpha value is -2.58. The molecule has 0 bridgehead atoms. The van der Waals surface area contributed by atoms with Gasteiger partial charge in [0.2, 0.25) is 10.0 Å². The van der Waals surface area contributed by atoms with Crippen LogP contribution in [0, 0.1) is 0 Å². The minimum atomic E-state index is -3.69. The zero-order valence-corrected chi connectivity index (χ0v) is 17.8. The summed E-state index contributed by atoms with van der Waals surface area (Å²) < 4.78 is 38.8. The van der Waals surface area contributed by atoms with Gasteiger partial charge in [0, 0.05) is 29.7 Å². The van der Waals surface area contributed by atoms with Crippen LogP contribution in [-0.4, -0.2) is 33.1 Å². The van der Waals surface area contributed by atoms with Gasteiger partial charge in [-0.05, 0) is 52.0 Å². The molecule has 7 nitrogen and oxygen atoms in total. The molecular formula is C21H26N2O5S. The second-order valence-electron chi connectivity index (χ2n) is 7.28. The third kappa shape index (κ3) is 4.89. The van der Waals surface area contributed by atoms with E-state index in [1.54, 1.807) is 32.0 Å². The van der Waals surface area contributed by atoms with E-state index in [1.165, 1.54) is 12.1 Å². The van der Waals surface area contributed by atoms with E-state index < -0.39 is 15.9 Å². The Labute approximate surface area is 171 Å². The molecule has 1 atom stereocenters. The van der Waals surface area contributed by atoms with Crippen LogP contribution < -0.4 is 19.5 Å². The number of ether oxygens (including phenoxy) is 2. The standard InChI is InChI=1S/C21H26N2O5S/c1-5-27-20-11-16-9-14(4)28-19(16)12-18(20)22-21(24)15-7-6-8-17(10-15)29(25,26)23-13(2)3/h6-8,10-14,23H,5,9H2,1-4H3,(H,22,24). The van der Waals surface area contributed by atoms with E-state index >= 15 is 0 Å². The van der Waals surface area contributed by atoms with Gasteiger partial charge >= 0.3 is 0 Å². The first-order chi connectivity index (χ1) is 13.7. The molecular weight excluding hydrogens is 392 g/mol. The molecule has 1 amide bonds. The lowest BCUT2D eigenvalue weighted by Crippen LogP contribution is -2.30. The lowest BCUT2D eigenvalue weighted by Gasteiger charge is -2.14. The van der Waals surface area contributed by atoms with Crippen LogP contribution >= 0.6 is 0 Å². The van der Waals surface area contributed by atoms with Crippen molar-refractivity contribution < 1.29 is 22.7 Å². The molecule has 0 aliphatic carbocycles. The first-order valence-electron chi connectivity index (χ1n) is 9.59. The molecule has 8 heteroatoms. The lowest BCUT2D eigenvalue weighted by atomic mass is 10.1. The topological polar surface area (TPSA) is 93.7 Å². The molecule has 0 radical (unpaired) electrons. The second kappa shape index (κ2) is 8.42. The van der Waals surface area contributed by atoms with Crippen LogP contribution in [0.5, 0.6) is 11.5 Å². The Balaban J connectivity index is 1.88. The zero-order chi connectivity index (χ0) is 21.2. The first-order valence-corrected chi connectivity index (χ1v) is 11.1. The number of hydrogen-bond donors (Lipinski definition) is 2. The maximum atomic E-state index is 12.8. The number of anilines is 1. The van der Waals surface area contributed by atoms with Gasteiger partial charge in [-0.25, -0.2) is 13.1 Å². The largest absolute Gasteiger partial charge is 0.492 e. The van der Waals surface area contributed by atoms with Gasteiger partial charge in [0.05, 0.1) is 17.2 Å². The van der Waals surface area contributed by atoms with E-state index in [4.69, 9.17) is 9.47 Å². The number of carbonyl (C=O) groups is 1. The fraction of sp³-hybridized carbons (Fsp3) is 0.381. The summed E-state index contributed by atoms with van der Waals surface area (Å²) in [6, 6.07) is 9.30. The quantitative estimate of drug-likeness (QED) is 0.719. The molecule has 0 fully saturated rings. The van der Waals surface area contributed by atoms with E-state index in [2.05, 4.69) is 10.0 Å². The summed E-state index contributed by atoms with van der Waals surface area (Å²) >= 11 is 0. The summed E-state index contributed by atoms with van der Waals surface area (Å²) in [5.74, 6) is 0.842. The fourth-order valence-electron chi connectivity index (χ4n) is 3.19. The van der Waals surface area contributed by atoms with Crippen molar-refractivity contribution in [3.05, 3.63) is 47.5 Å². The van der Waals surface area contributed by atoms with Crippen LogP contribution in [0.1, 0.15) is 43.6 Å². The van der Waals surface area contributed by atoms with Gasteiger partial charge in [-0.1, -0.05) is 6.07 Å². The summed E-state index contributed by atoms with van der Waals surface area (Å²) in [4.78, 5) is 12.9. The van der Waals surface area contributed by atoms with Crippen molar-refractivity contribution in [1.82, 2.24) is 4.72 Å². The molecule has 0 saturated heterocycles. The summed E-state index contributed by atoms with van der Waals surface area (Å²) in [5.41, 5.74) is 1.75. The molecule has 2 aromatic rings. The third-order valence-electron chi connectivity index (χ3n) is 4.34. The summed E-state index contributed by atoms with van der Waals surface area (Å²) in [6.45, 7) is 7.77. The lowest BCUT2D eigenvalue weighted by molar-refractivity contribution is 0.102. The Morgan fingerprint density at radius 3 is 2.72 bits per heavy atom. The minimum absolute atomic E-state index is 0.0370. The highest BCUT2D eigenvalue weighted by Gasteiger charge is 2.23. The van der Waals surface area contributed by atoms with Crippen molar-refractivity contribution >= 4 is 21.6 Å². The van der Waals surface area contributed by atoms with E-state index in [-0.39, 0.29) is 22.6 Å². The number of carbonyl (C=O) groups excluding carboxylic acids is 1. The maximum absolute atomic E-state index is 12.8. The van der Waals surface area contributed by atoms with Crippen LogP contribution in [0.4, 0.5) is 5.69 Å². The van der Waals surface area contributed by atoms with Crippen LogP contribution in [0.3, 0.4) is 0 Å². The van der Waals surface area contributed by atoms with Crippen molar-refractivity contribution in [3.8, 4) is 11.5 Å². The highest BCUT2D eigenvalue weighted by Crippen LogP contribution is 2.38. The van der Waals surface area contributed by atoms with E-state index in [1.807, 2.05) is 19.9 Å². The van der Waals surface area contributed by atoms with Gasteiger partial charge in [-0.3, -0.25) is 4.79 Å². The molecule has 2 N–H and O–H groups in total. The van der Waals surface area contributed by atoms with Crippen molar-refractivity contribution in [2.45, 2.75) is 51.2 Å². The summed E-state index contributed by atoms with van der Waals surface area (Å²) in [6.07, 6.45) is 0.854. The predicted octanol–water partition coefficient (Wildman–Crippen LogP) is 3.35. The molecule has 0 spiro atoms. The predicted molar refractivity (Wildman–Crippen MR) is 111 cm³/mol. The number of sulfonamides is 1. The monoisotopic (exact) mass is 418 g/mol. The molecule has 0 saturated carbocycles. The Morgan fingerprint density at radius 1 is 1.28 bits per heavy atom. The molecule has 1 unspecified atom stereocenters. The van der Waals surface area contributed by atoms with Crippen LogP contribution in [0.15, 0.2) is 41.3 Å². The summed E-state index contributed by atoms with van der Waals surface area (Å²) in [7, 11) is -3.69. The van der Waals surface area contributed by atoms with Gasteiger partial charge < -0.3 is 14.8 Å². The average molecular weight is 419 g/mol. The van der Waals surface area contributed by atoms with Gasteiger partial charge in [-0.2, -0.15) is 0 Å². The van der Waals surface area contributed by atoms with Crippen molar-refractivity contribution in [2.75, 3.05) is 11.9 Å². The number of hydrogen-bond acceptors (Lipinski definition) is 5. The Bertz CT molecular complexity index is 1020. The SMILES string of the molecule is CCOc1cc2c(cc1NC(=O)c1cccc(S(=O)(=O)NC(C)C)c1)OC(C)C2. The first kappa shape index (κ1) is 21.1. The van der Waals surface area contributed by atoms with E-state index in [9.17, 15) is 13.2 Å². The summed E-state index contributed by atoms with van der Waals surface area (Å²) in [5, 5.41) is 2.82. The molecule has 3 rings (SSSR count). The van der Waals surface area contributed by atoms with Gasteiger partial charge in [0.1, 0.15) is 17.6 Å². The van der Waals surface area contributed by atoms with Crippen molar-refractivity contribution in [2.24, 2.45) is 0 Å². The Kier molecular flexibility index (Phi) is 6.14. The smallest absolute Gasteiger partial charge is 0.255 e. The maximum Gasteiger partial charge on any atom is 0.255 e. The highest BCUT2D eigenvalue weighted by atomic mass is 32.2. The molecule has 29 heavy (non-hydrogen) atoms. The van der Waals surface area contributed by atoms with Crippen LogP contribution in [-0.2, 0) is 16.4 Å². The van der Waals surface area contributed by atoms with Crippen LogP contribution in [0.2, 0.25) is 0 Å². The normalized spacial score (nSPS) is 15.7. The number of nitrogens with one attached hydrogen (secondary N) is 2. The zero-order valence-electron chi connectivity index (χ0n) is 17.0. The van der Waals surface area contributed by atoms with Crippen molar-refractivity contribution in [3.63, 3.8) is 0 Å². The molecule has 1 aliphatic heterocycles. The molecule has 2 aromatic carbocycles. The molecule has 156 valence electrons. The number of rotatable bonds is 7. The third-order valence-corrected chi connectivity index (χ3v) is 6.00.